The molecule has 0 spiro atoms. The summed E-state index contributed by atoms with van der Waals surface area (Å²) in [5.41, 5.74) is 2.38. The molecule has 0 saturated carbocycles. The van der Waals surface area contributed by atoms with E-state index in [4.69, 9.17) is 0 Å². The molecule has 156 valence electrons. The standard InChI is InChI=1S/C21H23N5O3S/c1-16-6-8-18(9-7-16)30(28,29)25-13-10-17(11-14-25)21(27)23-19-4-2-3-5-20(19)26-15-12-22-24-26/h2-9,12,15,17H,10-11,13-14H2,1H3,(H,23,27). The second kappa shape index (κ2) is 8.37. The second-order valence-corrected chi connectivity index (χ2v) is 9.28. The van der Waals surface area contributed by atoms with E-state index in [9.17, 15) is 13.2 Å². The molecule has 0 bridgehead atoms. The summed E-state index contributed by atoms with van der Waals surface area (Å²) in [6.45, 7) is 2.56. The zero-order valence-electron chi connectivity index (χ0n) is 16.6. The largest absolute Gasteiger partial charge is 0.324 e. The fourth-order valence-corrected chi connectivity index (χ4v) is 5.04. The van der Waals surface area contributed by atoms with Crippen molar-refractivity contribution in [2.75, 3.05) is 18.4 Å². The molecule has 2 heterocycles. The average Bonchev–Trinajstić information content (AvgIpc) is 3.29. The van der Waals surface area contributed by atoms with Gasteiger partial charge in [0.1, 0.15) is 0 Å². The van der Waals surface area contributed by atoms with Gasteiger partial charge in [0.05, 0.1) is 28.7 Å². The molecule has 1 aromatic heterocycles. The van der Waals surface area contributed by atoms with E-state index < -0.39 is 10.0 Å². The summed E-state index contributed by atoms with van der Waals surface area (Å²) in [6, 6.07) is 14.2. The fraction of sp³-hybridized carbons (Fsp3) is 0.286. The zero-order chi connectivity index (χ0) is 21.1. The van der Waals surface area contributed by atoms with Crippen LogP contribution in [0.15, 0.2) is 65.8 Å². The van der Waals surface area contributed by atoms with Gasteiger partial charge in [-0.15, -0.1) is 5.10 Å². The number of carbonyl (C=O) groups excluding carboxylic acids is 1. The number of hydrogen-bond acceptors (Lipinski definition) is 5. The Morgan fingerprint density at radius 2 is 1.77 bits per heavy atom. The Kier molecular flexibility index (Phi) is 5.65. The highest BCUT2D eigenvalue weighted by Crippen LogP contribution is 2.26. The van der Waals surface area contributed by atoms with Crippen molar-refractivity contribution in [1.29, 1.82) is 0 Å². The van der Waals surface area contributed by atoms with Crippen molar-refractivity contribution < 1.29 is 13.2 Å². The van der Waals surface area contributed by atoms with E-state index >= 15 is 0 Å². The van der Waals surface area contributed by atoms with Crippen LogP contribution in [0.1, 0.15) is 18.4 Å². The van der Waals surface area contributed by atoms with Gasteiger partial charge in [-0.25, -0.2) is 13.1 Å². The van der Waals surface area contributed by atoms with Gasteiger partial charge in [-0.05, 0) is 44.0 Å². The third-order valence-electron chi connectivity index (χ3n) is 5.31. The first-order chi connectivity index (χ1) is 14.4. The predicted molar refractivity (Wildman–Crippen MR) is 113 cm³/mol. The van der Waals surface area contributed by atoms with Crippen molar-refractivity contribution in [3.8, 4) is 5.69 Å². The van der Waals surface area contributed by atoms with Crippen LogP contribution in [0, 0.1) is 12.8 Å². The van der Waals surface area contributed by atoms with Gasteiger partial charge >= 0.3 is 0 Å². The highest BCUT2D eigenvalue weighted by atomic mass is 32.2. The van der Waals surface area contributed by atoms with Crippen molar-refractivity contribution in [3.05, 3.63) is 66.5 Å². The predicted octanol–water partition coefficient (Wildman–Crippen LogP) is 2.62. The molecular formula is C21H23N5O3S. The number of amides is 1. The molecule has 0 atom stereocenters. The molecule has 8 nitrogen and oxygen atoms in total. The molecule has 1 fully saturated rings. The van der Waals surface area contributed by atoms with Gasteiger partial charge in [-0.3, -0.25) is 4.79 Å². The van der Waals surface area contributed by atoms with E-state index in [1.165, 1.54) is 4.31 Å². The third-order valence-corrected chi connectivity index (χ3v) is 7.23. The van der Waals surface area contributed by atoms with Gasteiger partial charge in [-0.2, -0.15) is 4.31 Å². The van der Waals surface area contributed by atoms with Crippen LogP contribution < -0.4 is 5.32 Å². The Morgan fingerprint density at radius 3 is 2.43 bits per heavy atom. The summed E-state index contributed by atoms with van der Waals surface area (Å²) in [6.07, 6.45) is 4.23. The maximum atomic E-state index is 12.9. The molecule has 0 unspecified atom stereocenters. The summed E-state index contributed by atoms with van der Waals surface area (Å²) < 4.78 is 28.8. The number of aromatic nitrogens is 3. The monoisotopic (exact) mass is 425 g/mol. The van der Waals surface area contributed by atoms with Crippen molar-refractivity contribution in [2.24, 2.45) is 5.92 Å². The number of piperidine rings is 1. The van der Waals surface area contributed by atoms with Gasteiger partial charge in [0.15, 0.2) is 0 Å². The number of sulfonamides is 1. The molecule has 1 aliphatic heterocycles. The molecule has 0 radical (unpaired) electrons. The molecule has 9 heteroatoms. The molecule has 0 aliphatic carbocycles. The Labute approximate surface area is 175 Å². The van der Waals surface area contributed by atoms with Crippen LogP contribution >= 0.6 is 0 Å². The van der Waals surface area contributed by atoms with Gasteiger partial charge in [-0.1, -0.05) is 35.0 Å². The van der Waals surface area contributed by atoms with E-state index in [1.54, 1.807) is 41.3 Å². The average molecular weight is 426 g/mol. The molecule has 4 rings (SSSR count). The van der Waals surface area contributed by atoms with Crippen LogP contribution in [0.4, 0.5) is 5.69 Å². The maximum Gasteiger partial charge on any atom is 0.243 e. The number of nitrogens with zero attached hydrogens (tertiary/aromatic N) is 4. The van der Waals surface area contributed by atoms with Gasteiger partial charge in [0, 0.05) is 19.0 Å². The van der Waals surface area contributed by atoms with E-state index in [2.05, 4.69) is 15.6 Å². The van der Waals surface area contributed by atoms with Crippen LogP contribution in [-0.4, -0.2) is 46.7 Å². The van der Waals surface area contributed by atoms with E-state index in [0.29, 0.717) is 31.6 Å². The number of rotatable bonds is 5. The Morgan fingerprint density at radius 1 is 1.07 bits per heavy atom. The molecule has 2 aromatic carbocycles. The number of carbonyl (C=O) groups is 1. The molecular weight excluding hydrogens is 402 g/mol. The number of nitrogens with one attached hydrogen (secondary N) is 1. The quantitative estimate of drug-likeness (QED) is 0.678. The SMILES string of the molecule is Cc1ccc(S(=O)(=O)N2CCC(C(=O)Nc3ccccc3-n3ccnn3)CC2)cc1. The highest BCUT2D eigenvalue weighted by molar-refractivity contribution is 7.89. The van der Waals surface area contributed by atoms with Crippen LogP contribution in [0.3, 0.4) is 0 Å². The van der Waals surface area contributed by atoms with Crippen LogP contribution in [0.5, 0.6) is 0 Å². The van der Waals surface area contributed by atoms with Gasteiger partial charge < -0.3 is 5.32 Å². The Hall–Kier alpha value is -3.04. The minimum atomic E-state index is -3.54. The lowest BCUT2D eigenvalue weighted by atomic mass is 9.97. The summed E-state index contributed by atoms with van der Waals surface area (Å²) in [5, 5.41) is 10.8. The number of aryl methyl sites for hydroxylation is 1. The first-order valence-electron chi connectivity index (χ1n) is 9.78. The molecule has 1 saturated heterocycles. The van der Waals surface area contributed by atoms with Gasteiger partial charge in [0.25, 0.3) is 0 Å². The number of hydrogen-bond donors (Lipinski definition) is 1. The fourth-order valence-electron chi connectivity index (χ4n) is 3.57. The second-order valence-electron chi connectivity index (χ2n) is 7.35. The Balaban J connectivity index is 1.41. The summed E-state index contributed by atoms with van der Waals surface area (Å²) >= 11 is 0. The first-order valence-corrected chi connectivity index (χ1v) is 11.2. The van der Waals surface area contributed by atoms with Crippen molar-refractivity contribution in [2.45, 2.75) is 24.7 Å². The summed E-state index contributed by atoms with van der Waals surface area (Å²) in [4.78, 5) is 13.1. The zero-order valence-corrected chi connectivity index (χ0v) is 17.4. The van der Waals surface area contributed by atoms with E-state index in [1.807, 2.05) is 31.2 Å². The molecule has 1 N–H and O–H groups in total. The smallest absolute Gasteiger partial charge is 0.243 e. The molecule has 30 heavy (non-hydrogen) atoms. The van der Waals surface area contributed by atoms with E-state index in [-0.39, 0.29) is 16.7 Å². The lowest BCUT2D eigenvalue weighted by Gasteiger charge is -2.30. The first kappa shape index (κ1) is 20.2. The maximum absolute atomic E-state index is 12.9. The van der Waals surface area contributed by atoms with Crippen LogP contribution in [0.2, 0.25) is 0 Å². The van der Waals surface area contributed by atoms with Crippen molar-refractivity contribution >= 4 is 21.6 Å². The van der Waals surface area contributed by atoms with Crippen molar-refractivity contribution in [1.82, 2.24) is 19.3 Å². The minimum absolute atomic E-state index is 0.116. The minimum Gasteiger partial charge on any atom is -0.324 e. The molecule has 3 aromatic rings. The van der Waals surface area contributed by atoms with E-state index in [0.717, 1.165) is 11.3 Å². The van der Waals surface area contributed by atoms with Crippen molar-refractivity contribution in [3.63, 3.8) is 0 Å². The Bertz CT molecular complexity index is 1120. The lowest BCUT2D eigenvalue weighted by Crippen LogP contribution is -2.41. The third kappa shape index (κ3) is 4.12. The highest BCUT2D eigenvalue weighted by Gasteiger charge is 2.32. The van der Waals surface area contributed by atoms with Crippen LogP contribution in [-0.2, 0) is 14.8 Å². The molecule has 1 amide bonds. The topological polar surface area (TPSA) is 97.2 Å². The molecule has 1 aliphatic rings. The summed E-state index contributed by atoms with van der Waals surface area (Å²) in [5.74, 6) is -0.367. The number of anilines is 1. The lowest BCUT2D eigenvalue weighted by molar-refractivity contribution is -0.120. The number of para-hydroxylation sites is 2. The van der Waals surface area contributed by atoms with Gasteiger partial charge in [0.2, 0.25) is 15.9 Å². The number of benzene rings is 2. The normalized spacial score (nSPS) is 15.8. The summed E-state index contributed by atoms with van der Waals surface area (Å²) in [7, 11) is -3.54. The van der Waals surface area contributed by atoms with Crippen LogP contribution in [0.25, 0.3) is 5.69 Å².